The number of likely N-dealkylation sites (tertiary alicyclic amines) is 1. The third-order valence-corrected chi connectivity index (χ3v) is 3.71. The molecule has 1 aromatic rings. The summed E-state index contributed by atoms with van der Waals surface area (Å²) in [7, 11) is 0. The number of rotatable bonds is 2. The largest absolute Gasteiger partial charge is 0.334 e. The summed E-state index contributed by atoms with van der Waals surface area (Å²) in [5.41, 5.74) is 0.825. The SMILES string of the molecule is CC1(C#N)CCN(C(=O)NCc2ccccc2)CC1. The van der Waals surface area contributed by atoms with Crippen molar-refractivity contribution in [3.63, 3.8) is 0 Å². The lowest BCUT2D eigenvalue weighted by molar-refractivity contribution is 0.156. The molecule has 1 aromatic carbocycles. The molecule has 1 N–H and O–H groups in total. The van der Waals surface area contributed by atoms with Crippen molar-refractivity contribution in [1.29, 1.82) is 5.26 Å². The Balaban J connectivity index is 1.81. The average molecular weight is 257 g/mol. The minimum atomic E-state index is -0.268. The molecule has 0 bridgehead atoms. The fourth-order valence-corrected chi connectivity index (χ4v) is 2.20. The highest BCUT2D eigenvalue weighted by Gasteiger charge is 2.31. The first-order chi connectivity index (χ1) is 9.13. The van der Waals surface area contributed by atoms with Crippen LogP contribution in [0.4, 0.5) is 4.79 Å². The van der Waals surface area contributed by atoms with Gasteiger partial charge in [0, 0.05) is 19.6 Å². The maximum Gasteiger partial charge on any atom is 0.317 e. The third kappa shape index (κ3) is 3.47. The predicted octanol–water partition coefficient (Wildman–Crippen LogP) is 2.52. The van der Waals surface area contributed by atoms with Crippen LogP contribution in [0.25, 0.3) is 0 Å². The Morgan fingerprint density at radius 2 is 2.00 bits per heavy atom. The molecule has 4 nitrogen and oxygen atoms in total. The molecule has 2 amide bonds. The van der Waals surface area contributed by atoms with Crippen LogP contribution in [0.2, 0.25) is 0 Å². The van der Waals surface area contributed by atoms with Gasteiger partial charge in [-0.25, -0.2) is 4.79 Å². The van der Waals surface area contributed by atoms with Crippen molar-refractivity contribution in [2.24, 2.45) is 5.41 Å². The zero-order valence-corrected chi connectivity index (χ0v) is 11.2. The van der Waals surface area contributed by atoms with E-state index in [9.17, 15) is 4.79 Å². The van der Waals surface area contributed by atoms with E-state index in [2.05, 4.69) is 11.4 Å². The molecule has 1 heterocycles. The smallest absolute Gasteiger partial charge is 0.317 e. The van der Waals surface area contributed by atoms with E-state index < -0.39 is 0 Å². The van der Waals surface area contributed by atoms with Crippen molar-refractivity contribution in [3.05, 3.63) is 35.9 Å². The molecule has 0 atom stereocenters. The number of piperidine rings is 1. The Morgan fingerprint density at radius 3 is 2.58 bits per heavy atom. The van der Waals surface area contributed by atoms with Crippen LogP contribution < -0.4 is 5.32 Å². The Labute approximate surface area is 114 Å². The highest BCUT2D eigenvalue weighted by molar-refractivity contribution is 5.74. The molecular weight excluding hydrogens is 238 g/mol. The lowest BCUT2D eigenvalue weighted by Gasteiger charge is -2.34. The van der Waals surface area contributed by atoms with Gasteiger partial charge < -0.3 is 10.2 Å². The van der Waals surface area contributed by atoms with Gasteiger partial charge >= 0.3 is 6.03 Å². The molecule has 0 radical (unpaired) electrons. The van der Waals surface area contributed by atoms with Gasteiger partial charge in [-0.15, -0.1) is 0 Å². The zero-order valence-electron chi connectivity index (χ0n) is 11.2. The maximum atomic E-state index is 12.0. The number of amides is 2. The fourth-order valence-electron chi connectivity index (χ4n) is 2.20. The summed E-state index contributed by atoms with van der Waals surface area (Å²) < 4.78 is 0. The second-order valence-electron chi connectivity index (χ2n) is 5.30. The number of hydrogen-bond acceptors (Lipinski definition) is 2. The number of nitrogens with zero attached hydrogens (tertiary/aromatic N) is 2. The van der Waals surface area contributed by atoms with Crippen LogP contribution >= 0.6 is 0 Å². The van der Waals surface area contributed by atoms with Crippen molar-refractivity contribution in [2.45, 2.75) is 26.3 Å². The van der Waals surface area contributed by atoms with E-state index in [1.807, 2.05) is 37.3 Å². The Morgan fingerprint density at radius 1 is 1.37 bits per heavy atom. The normalized spacial score (nSPS) is 17.6. The first-order valence-electron chi connectivity index (χ1n) is 6.61. The summed E-state index contributed by atoms with van der Waals surface area (Å²) in [5.74, 6) is 0. The number of urea groups is 1. The molecule has 1 saturated heterocycles. The summed E-state index contributed by atoms with van der Waals surface area (Å²) in [6.07, 6.45) is 1.50. The second kappa shape index (κ2) is 5.75. The van der Waals surface area contributed by atoms with Crippen LogP contribution in [0, 0.1) is 16.7 Å². The summed E-state index contributed by atoms with van der Waals surface area (Å²) in [4.78, 5) is 13.8. The molecule has 1 aliphatic heterocycles. The molecule has 19 heavy (non-hydrogen) atoms. The molecule has 1 fully saturated rings. The van der Waals surface area contributed by atoms with E-state index in [4.69, 9.17) is 5.26 Å². The molecular formula is C15H19N3O. The number of carbonyl (C=O) groups is 1. The summed E-state index contributed by atoms with van der Waals surface area (Å²) >= 11 is 0. The maximum absolute atomic E-state index is 12.0. The van der Waals surface area contributed by atoms with Gasteiger partial charge in [-0.05, 0) is 25.3 Å². The number of hydrogen-bond donors (Lipinski definition) is 1. The van der Waals surface area contributed by atoms with E-state index in [0.717, 1.165) is 18.4 Å². The first-order valence-corrected chi connectivity index (χ1v) is 6.61. The topological polar surface area (TPSA) is 56.1 Å². The standard InChI is InChI=1S/C15H19N3O/c1-15(12-16)7-9-18(10-8-15)14(19)17-11-13-5-3-2-4-6-13/h2-6H,7-11H2,1H3,(H,17,19). The monoisotopic (exact) mass is 257 g/mol. The van der Waals surface area contributed by atoms with Gasteiger partial charge in [0.15, 0.2) is 0 Å². The lowest BCUT2D eigenvalue weighted by Crippen LogP contribution is -2.46. The van der Waals surface area contributed by atoms with Crippen molar-refractivity contribution in [3.8, 4) is 6.07 Å². The first kappa shape index (κ1) is 13.4. The summed E-state index contributed by atoms with van der Waals surface area (Å²) in [5, 5.41) is 12.0. The van der Waals surface area contributed by atoms with Crippen molar-refractivity contribution < 1.29 is 4.79 Å². The molecule has 0 aromatic heterocycles. The summed E-state index contributed by atoms with van der Waals surface area (Å²) in [6, 6.07) is 12.2. The van der Waals surface area contributed by atoms with Crippen LogP contribution in [-0.2, 0) is 6.54 Å². The van der Waals surface area contributed by atoms with Crippen LogP contribution in [0.3, 0.4) is 0 Å². The second-order valence-corrected chi connectivity index (χ2v) is 5.30. The van der Waals surface area contributed by atoms with Gasteiger partial charge in [0.05, 0.1) is 11.5 Å². The minimum Gasteiger partial charge on any atom is -0.334 e. The van der Waals surface area contributed by atoms with E-state index >= 15 is 0 Å². The fraction of sp³-hybridized carbons (Fsp3) is 0.467. The van der Waals surface area contributed by atoms with E-state index in [1.54, 1.807) is 4.90 Å². The Hall–Kier alpha value is -2.02. The van der Waals surface area contributed by atoms with E-state index in [-0.39, 0.29) is 11.4 Å². The van der Waals surface area contributed by atoms with Gasteiger partial charge in [0.2, 0.25) is 0 Å². The Kier molecular flexibility index (Phi) is 4.06. The predicted molar refractivity (Wildman–Crippen MR) is 73.2 cm³/mol. The van der Waals surface area contributed by atoms with Gasteiger partial charge in [-0.3, -0.25) is 0 Å². The van der Waals surface area contributed by atoms with E-state index in [0.29, 0.717) is 19.6 Å². The highest BCUT2D eigenvalue weighted by Crippen LogP contribution is 2.29. The molecule has 100 valence electrons. The summed E-state index contributed by atoms with van der Waals surface area (Å²) in [6.45, 7) is 3.83. The van der Waals surface area contributed by atoms with Gasteiger partial charge in [-0.2, -0.15) is 5.26 Å². The minimum absolute atomic E-state index is 0.0381. The average Bonchev–Trinajstić information content (AvgIpc) is 2.47. The van der Waals surface area contributed by atoms with Crippen LogP contribution in [0.5, 0.6) is 0 Å². The number of nitriles is 1. The van der Waals surface area contributed by atoms with E-state index in [1.165, 1.54) is 0 Å². The highest BCUT2D eigenvalue weighted by atomic mass is 16.2. The number of carbonyl (C=O) groups excluding carboxylic acids is 1. The lowest BCUT2D eigenvalue weighted by atomic mass is 9.82. The Bertz CT molecular complexity index is 470. The van der Waals surface area contributed by atoms with Crippen LogP contribution in [-0.4, -0.2) is 24.0 Å². The molecule has 0 spiro atoms. The number of nitrogens with one attached hydrogen (secondary N) is 1. The molecule has 0 aliphatic carbocycles. The van der Waals surface area contributed by atoms with Gasteiger partial charge in [0.25, 0.3) is 0 Å². The third-order valence-electron chi connectivity index (χ3n) is 3.71. The van der Waals surface area contributed by atoms with Crippen molar-refractivity contribution >= 4 is 6.03 Å². The molecule has 2 rings (SSSR count). The van der Waals surface area contributed by atoms with Crippen molar-refractivity contribution in [2.75, 3.05) is 13.1 Å². The number of benzene rings is 1. The zero-order chi connectivity index (χ0) is 13.7. The molecule has 1 aliphatic rings. The van der Waals surface area contributed by atoms with Gasteiger partial charge in [0.1, 0.15) is 0 Å². The van der Waals surface area contributed by atoms with Crippen LogP contribution in [0.15, 0.2) is 30.3 Å². The molecule has 0 saturated carbocycles. The molecule has 4 heteroatoms. The van der Waals surface area contributed by atoms with Crippen LogP contribution in [0.1, 0.15) is 25.3 Å². The van der Waals surface area contributed by atoms with Crippen molar-refractivity contribution in [1.82, 2.24) is 10.2 Å². The quantitative estimate of drug-likeness (QED) is 0.885. The van der Waals surface area contributed by atoms with Gasteiger partial charge in [-0.1, -0.05) is 30.3 Å². The molecule has 0 unspecified atom stereocenters.